The monoisotopic (exact) mass is 1810 g/mol. The van der Waals surface area contributed by atoms with E-state index in [1.165, 1.54) is 197 Å². The Kier molecular flexibility index (Phi) is 38.6. The molecule has 0 fully saturated rings. The molecule has 24 rings (SSSR count). The van der Waals surface area contributed by atoms with Crippen molar-refractivity contribution in [3.63, 3.8) is 0 Å². The number of benzene rings is 9. The first-order chi connectivity index (χ1) is 66.3. The molecule has 0 unspecified atom stereocenters. The number of aryl methyl sites for hydroxylation is 16. The predicted molar refractivity (Wildman–Crippen MR) is 597 cm³/mol. The zero-order valence-corrected chi connectivity index (χ0v) is 87.0. The lowest BCUT2D eigenvalue weighted by molar-refractivity contribution is 0.997. The first-order valence-corrected chi connectivity index (χ1v) is 48.7. The maximum Gasteiger partial charge on any atom is 0.0962 e. The van der Waals surface area contributed by atoms with E-state index in [1.807, 2.05) is 179 Å². The van der Waals surface area contributed by atoms with Crippen LogP contribution in [0.25, 0.3) is 175 Å². The van der Waals surface area contributed by atoms with Gasteiger partial charge in [0.2, 0.25) is 0 Å². The molecule has 0 atom stereocenters. The standard InChI is InChI=1S/C14H13N.7C13H12N2.8C2H6/c1-10-6-5-8-12-11-7-3-4-9-13(11)15(2)14(10)12;1-9-5-3-6-10-12-11(7-4-8-14-12)15(2)13(9)10;1-9-4-3-5-11-10-6-7-14-8-12(10)15(2)13(9)11;1-9-4-3-5-10-11-8-14-7-6-12(11)15(2)13(9)10;1-9-7-14-8-11-10-5-3-4-6-12(10)15(2)13(9)11;2*1-9-13-11(7-8-14-9)10-5-3-4-6-12(10)15(13)2;1-9-7-8-14-12-10-5-3-4-6-11(10)15(2)13(9)12;8*1-2/h3-9H,1-2H3;7*3-8H,1-2H3;8*1-2H3. The number of nitrogens with zero attached hydrogens (tertiary/aromatic N) is 15. The molecular weight excluding hydrogens is 1660 g/mol. The number of para-hydroxylation sites is 9. The number of pyridine rings is 7. The first kappa shape index (κ1) is 105. The van der Waals surface area contributed by atoms with Crippen molar-refractivity contribution in [2.24, 2.45) is 56.4 Å². The predicted octanol–water partition coefficient (Wildman–Crippen LogP) is 33.1. The molecule has 0 N–H and O–H groups in total. The molecule has 0 radical (unpaired) electrons. The number of hydrogen-bond acceptors (Lipinski definition) is 7. The lowest BCUT2D eigenvalue weighted by atomic mass is 10.1. The molecule has 24 aromatic rings. The molecule has 15 heteroatoms. The second-order valence-corrected chi connectivity index (χ2v) is 31.4. The highest BCUT2D eigenvalue weighted by atomic mass is 15.0. The molecule has 0 spiro atoms. The van der Waals surface area contributed by atoms with Crippen molar-refractivity contribution in [2.75, 3.05) is 0 Å². The van der Waals surface area contributed by atoms with Crippen LogP contribution in [0.1, 0.15) is 156 Å². The zero-order chi connectivity index (χ0) is 99.3. The highest BCUT2D eigenvalue weighted by molar-refractivity contribution is 6.14. The topological polar surface area (TPSA) is 130 Å². The highest BCUT2D eigenvalue weighted by Gasteiger charge is 2.17. The summed E-state index contributed by atoms with van der Waals surface area (Å²) in [5.41, 5.74) is 32.4. The lowest BCUT2D eigenvalue weighted by Crippen LogP contribution is -1.90. The first-order valence-electron chi connectivity index (χ1n) is 48.7. The van der Waals surface area contributed by atoms with Gasteiger partial charge in [-0.2, -0.15) is 0 Å². The summed E-state index contributed by atoms with van der Waals surface area (Å²) in [6, 6.07) is 82.5. The summed E-state index contributed by atoms with van der Waals surface area (Å²) < 4.78 is 17.8. The second-order valence-electron chi connectivity index (χ2n) is 31.4. The minimum Gasteiger partial charge on any atom is -0.343 e. The number of aromatic nitrogens is 15. The van der Waals surface area contributed by atoms with Crippen LogP contribution < -0.4 is 0 Å². The summed E-state index contributed by atoms with van der Waals surface area (Å²) in [6.07, 6.45) is 18.9. The van der Waals surface area contributed by atoms with Crippen LogP contribution in [0, 0.1) is 55.4 Å². The van der Waals surface area contributed by atoms with Gasteiger partial charge >= 0.3 is 0 Å². The van der Waals surface area contributed by atoms with E-state index in [4.69, 9.17) is 0 Å². The molecule has 136 heavy (non-hydrogen) atoms. The van der Waals surface area contributed by atoms with Crippen LogP contribution in [0.15, 0.2) is 299 Å². The van der Waals surface area contributed by atoms with Crippen LogP contribution in [-0.4, -0.2) is 71.4 Å². The Hall–Kier alpha value is -14.6. The zero-order valence-electron chi connectivity index (χ0n) is 87.0. The van der Waals surface area contributed by atoms with Gasteiger partial charge in [0.05, 0.1) is 94.8 Å². The minimum atomic E-state index is 1.09. The molecule has 0 aliphatic carbocycles. The van der Waals surface area contributed by atoms with Gasteiger partial charge in [0.25, 0.3) is 0 Å². The fourth-order valence-electron chi connectivity index (χ4n) is 18.6. The third kappa shape index (κ3) is 21.1. The molecule has 9 aromatic carbocycles. The van der Waals surface area contributed by atoms with Gasteiger partial charge < -0.3 is 36.5 Å². The summed E-state index contributed by atoms with van der Waals surface area (Å²) in [5, 5.41) is 18.0. The van der Waals surface area contributed by atoms with Crippen LogP contribution in [0.3, 0.4) is 0 Å². The Bertz CT molecular complexity index is 6610. The van der Waals surface area contributed by atoms with Crippen molar-refractivity contribution in [1.29, 1.82) is 0 Å². The summed E-state index contributed by atoms with van der Waals surface area (Å²) in [6.45, 7) is 48.9. The Balaban J connectivity index is 0.000000170. The van der Waals surface area contributed by atoms with Crippen LogP contribution in [-0.2, 0) is 56.4 Å². The maximum atomic E-state index is 4.47. The van der Waals surface area contributed by atoms with E-state index < -0.39 is 0 Å². The Morgan fingerprint density at radius 2 is 0.426 bits per heavy atom. The third-order valence-corrected chi connectivity index (χ3v) is 24.1. The fraction of sp³-hybridized carbons (Fsp3) is 0.264. The summed E-state index contributed by atoms with van der Waals surface area (Å²) >= 11 is 0. The van der Waals surface area contributed by atoms with Gasteiger partial charge in [-0.1, -0.05) is 275 Å². The molecule has 0 aliphatic rings. The Morgan fingerprint density at radius 3 is 0.875 bits per heavy atom. The number of fused-ring (bicyclic) bond motifs is 24. The van der Waals surface area contributed by atoms with Gasteiger partial charge in [0, 0.05) is 210 Å². The molecule has 15 aromatic heterocycles. The van der Waals surface area contributed by atoms with Crippen molar-refractivity contribution < 1.29 is 0 Å². The van der Waals surface area contributed by atoms with Crippen molar-refractivity contribution in [2.45, 2.75) is 166 Å². The van der Waals surface area contributed by atoms with E-state index in [-0.39, 0.29) is 0 Å². The average molecular weight is 1810 g/mol. The van der Waals surface area contributed by atoms with Crippen molar-refractivity contribution in [1.82, 2.24) is 71.4 Å². The minimum absolute atomic E-state index is 1.09. The van der Waals surface area contributed by atoms with Crippen LogP contribution >= 0.6 is 0 Å². The molecule has 0 amide bonds. The van der Waals surface area contributed by atoms with Gasteiger partial charge in [-0.15, -0.1) is 0 Å². The van der Waals surface area contributed by atoms with Gasteiger partial charge in [-0.25, -0.2) is 0 Å². The molecule has 0 bridgehead atoms. The Morgan fingerprint density at radius 1 is 0.154 bits per heavy atom. The average Bonchev–Trinajstić information content (AvgIpc) is 1.67. The largest absolute Gasteiger partial charge is 0.343 e. The van der Waals surface area contributed by atoms with Crippen molar-refractivity contribution in [3.05, 3.63) is 343 Å². The molecule has 704 valence electrons. The molecule has 15 nitrogen and oxygen atoms in total. The van der Waals surface area contributed by atoms with E-state index >= 15 is 0 Å². The van der Waals surface area contributed by atoms with Crippen LogP contribution in [0.4, 0.5) is 0 Å². The Labute approximate surface area is 806 Å². The van der Waals surface area contributed by atoms with Crippen LogP contribution in [0.2, 0.25) is 0 Å². The summed E-state index contributed by atoms with van der Waals surface area (Å²) in [5.74, 6) is 0. The number of hydrogen-bond donors (Lipinski definition) is 0. The quantitative estimate of drug-likeness (QED) is 0.148. The van der Waals surface area contributed by atoms with E-state index in [2.05, 4.69) is 414 Å². The van der Waals surface area contributed by atoms with Crippen molar-refractivity contribution in [3.8, 4) is 0 Å². The van der Waals surface area contributed by atoms with Crippen LogP contribution in [0.5, 0.6) is 0 Å². The third-order valence-electron chi connectivity index (χ3n) is 24.1. The summed E-state index contributed by atoms with van der Waals surface area (Å²) in [7, 11) is 16.8. The SMILES string of the molecule is CC.CC.CC.CC.CC.CC.CC.CC.Cc1cccc2c3ccccc3n(C)c12.Cc1cccc2c3ccncc3n(C)c12.Cc1cccc2c3cnccc3n(C)c12.Cc1cccc2c3ncccc3n(C)c12.Cc1ccnc2c3ccccc3n(C)c12.Cc1cncc2c3ccccc3n(C)c12.Cc1nccc2c3ccccc3n(C)c12.Cc1nccc2c3ccccc3n(C)c12. The van der Waals surface area contributed by atoms with Gasteiger partial charge in [0.1, 0.15) is 0 Å². The number of rotatable bonds is 0. The van der Waals surface area contributed by atoms with Gasteiger partial charge in [0.15, 0.2) is 0 Å². The molecule has 0 saturated carbocycles. The van der Waals surface area contributed by atoms with E-state index in [0.29, 0.717) is 0 Å². The molecule has 0 saturated heterocycles. The fourth-order valence-corrected chi connectivity index (χ4v) is 18.6. The lowest BCUT2D eigenvalue weighted by Gasteiger charge is -2.00. The van der Waals surface area contributed by atoms with Gasteiger partial charge in [-0.05, 0) is 162 Å². The van der Waals surface area contributed by atoms with Crippen molar-refractivity contribution >= 4 is 175 Å². The molecular formula is C121H145N15. The summed E-state index contributed by atoms with van der Waals surface area (Å²) in [4.78, 5) is 30.2. The smallest absolute Gasteiger partial charge is 0.0962 e. The maximum absolute atomic E-state index is 4.47. The van der Waals surface area contributed by atoms with Gasteiger partial charge in [-0.3, -0.25) is 34.9 Å². The van der Waals surface area contributed by atoms with E-state index in [1.54, 1.807) is 0 Å². The second kappa shape index (κ2) is 50.0. The van der Waals surface area contributed by atoms with E-state index in [9.17, 15) is 0 Å². The molecule has 0 aliphatic heterocycles. The molecule has 15 heterocycles. The highest BCUT2D eigenvalue weighted by Crippen LogP contribution is 2.37. The van der Waals surface area contributed by atoms with E-state index in [0.717, 1.165) is 22.4 Å². The normalized spacial score (nSPS) is 10.4.